The Labute approximate surface area is 164 Å². The van der Waals surface area contributed by atoms with Crippen LogP contribution in [0.2, 0.25) is 10.0 Å². The number of carbonyl (C=O) groups excluding carboxylic acids is 2. The van der Waals surface area contributed by atoms with E-state index in [1.165, 1.54) is 9.80 Å². The van der Waals surface area contributed by atoms with Crippen LogP contribution in [0.3, 0.4) is 0 Å². The van der Waals surface area contributed by atoms with E-state index in [1.54, 1.807) is 18.2 Å². The molecule has 1 aromatic rings. The second-order valence-corrected chi connectivity index (χ2v) is 7.99. The first-order chi connectivity index (χ1) is 12.3. The molecule has 4 N–H and O–H groups in total. The molecule has 0 spiro atoms. The molecule has 0 bridgehead atoms. The van der Waals surface area contributed by atoms with E-state index in [1.807, 2.05) is 20.8 Å². The molecule has 1 aromatic carbocycles. The van der Waals surface area contributed by atoms with Crippen molar-refractivity contribution in [3.05, 3.63) is 28.2 Å². The Hall–Kier alpha value is -1.34. The van der Waals surface area contributed by atoms with E-state index in [0.717, 1.165) is 26.2 Å². The summed E-state index contributed by atoms with van der Waals surface area (Å²) in [7, 11) is 0. The van der Waals surface area contributed by atoms with Crippen molar-refractivity contribution in [2.24, 2.45) is 0 Å². The van der Waals surface area contributed by atoms with Crippen molar-refractivity contribution in [1.82, 2.24) is 5.32 Å². The largest absolute Gasteiger partial charge is 0.349 e. The smallest absolute Gasteiger partial charge is 0.282 e. The molecule has 1 atom stereocenters. The molecule has 144 valence electrons. The molecule has 1 fully saturated rings. The van der Waals surface area contributed by atoms with Gasteiger partial charge in [0.05, 0.1) is 10.7 Å². The molecule has 0 aromatic heterocycles. The highest BCUT2D eigenvalue weighted by Gasteiger charge is 2.32. The number of hydrogen-bond acceptors (Lipinski definition) is 2. The van der Waals surface area contributed by atoms with E-state index in [2.05, 4.69) is 10.6 Å². The molecular weight excluding hydrogens is 375 g/mol. The second kappa shape index (κ2) is 9.55. The predicted molar refractivity (Wildman–Crippen MR) is 104 cm³/mol. The van der Waals surface area contributed by atoms with E-state index in [9.17, 15) is 9.59 Å². The summed E-state index contributed by atoms with van der Waals surface area (Å²) in [6, 6.07) is 4.97. The van der Waals surface area contributed by atoms with Gasteiger partial charge in [0.2, 0.25) is 0 Å². The minimum absolute atomic E-state index is 0.0785. The lowest BCUT2D eigenvalue weighted by atomic mass is 10.2. The fraction of sp³-hybridized carbons (Fsp3) is 0.556. The third kappa shape index (κ3) is 6.13. The minimum atomic E-state index is -0.198. The van der Waals surface area contributed by atoms with Crippen LogP contribution in [0, 0.1) is 0 Å². The minimum Gasteiger partial charge on any atom is -0.349 e. The molecule has 1 aliphatic heterocycles. The number of carbonyl (C=O) groups is 2. The second-order valence-electron chi connectivity index (χ2n) is 7.14. The molecule has 0 aliphatic carbocycles. The molecule has 0 saturated carbocycles. The van der Waals surface area contributed by atoms with Gasteiger partial charge < -0.3 is 20.4 Å². The van der Waals surface area contributed by atoms with Gasteiger partial charge in [0, 0.05) is 11.1 Å². The lowest BCUT2D eigenvalue weighted by Crippen LogP contribution is -3.30. The van der Waals surface area contributed by atoms with Gasteiger partial charge in [-0.3, -0.25) is 9.59 Å². The monoisotopic (exact) mass is 402 g/mol. The molecule has 1 aliphatic rings. The summed E-state index contributed by atoms with van der Waals surface area (Å²) in [5.74, 6) is 0.00464. The number of hydrogen-bond donors (Lipinski definition) is 4. The summed E-state index contributed by atoms with van der Waals surface area (Å²) in [6.45, 7) is 9.77. The van der Waals surface area contributed by atoms with E-state index in [4.69, 9.17) is 23.2 Å². The molecule has 0 unspecified atom stereocenters. The molecule has 0 radical (unpaired) electrons. The molecular formula is C18H28Cl2N4O2+2. The number of benzene rings is 1. The maximum absolute atomic E-state index is 12.6. The van der Waals surface area contributed by atoms with Gasteiger partial charge in [-0.25, -0.2) is 0 Å². The lowest BCUT2D eigenvalue weighted by molar-refractivity contribution is -1.01. The van der Waals surface area contributed by atoms with Gasteiger partial charge in [-0.15, -0.1) is 0 Å². The zero-order valence-corrected chi connectivity index (χ0v) is 17.0. The predicted octanol–water partition coefficient (Wildman–Crippen LogP) is -0.372. The summed E-state index contributed by atoms with van der Waals surface area (Å²) in [5.41, 5.74) is 0.532. The van der Waals surface area contributed by atoms with Gasteiger partial charge in [-0.05, 0) is 39.0 Å². The van der Waals surface area contributed by atoms with Crippen molar-refractivity contribution < 1.29 is 19.4 Å². The van der Waals surface area contributed by atoms with Crippen molar-refractivity contribution in [1.29, 1.82) is 0 Å². The molecule has 2 amide bonds. The van der Waals surface area contributed by atoms with Crippen LogP contribution in [-0.4, -0.2) is 56.6 Å². The summed E-state index contributed by atoms with van der Waals surface area (Å²) >= 11 is 12.1. The van der Waals surface area contributed by atoms with Crippen molar-refractivity contribution >= 4 is 40.7 Å². The zero-order valence-electron chi connectivity index (χ0n) is 15.5. The van der Waals surface area contributed by atoms with Gasteiger partial charge in [-0.2, -0.15) is 0 Å². The van der Waals surface area contributed by atoms with Crippen LogP contribution < -0.4 is 20.4 Å². The van der Waals surface area contributed by atoms with Crippen molar-refractivity contribution in [2.75, 3.05) is 38.0 Å². The Morgan fingerprint density at radius 2 is 1.77 bits per heavy atom. The Morgan fingerprint density at radius 1 is 1.12 bits per heavy atom. The number of nitrogens with one attached hydrogen (secondary N) is 4. The van der Waals surface area contributed by atoms with Crippen LogP contribution in [0.25, 0.3) is 0 Å². The van der Waals surface area contributed by atoms with Gasteiger partial charge in [0.25, 0.3) is 11.8 Å². The van der Waals surface area contributed by atoms with Crippen molar-refractivity contribution in [2.45, 2.75) is 32.9 Å². The van der Waals surface area contributed by atoms with Gasteiger partial charge in [-0.1, -0.05) is 23.2 Å². The van der Waals surface area contributed by atoms with Gasteiger partial charge in [0.15, 0.2) is 12.6 Å². The average Bonchev–Trinajstić information content (AvgIpc) is 2.57. The van der Waals surface area contributed by atoms with Crippen LogP contribution in [-0.2, 0) is 9.59 Å². The Kier molecular flexibility index (Phi) is 7.70. The maximum atomic E-state index is 12.6. The molecule has 2 rings (SSSR count). The highest BCUT2D eigenvalue weighted by Crippen LogP contribution is 2.25. The molecule has 8 heteroatoms. The first kappa shape index (κ1) is 21.0. The van der Waals surface area contributed by atoms with E-state index < -0.39 is 0 Å². The van der Waals surface area contributed by atoms with Gasteiger partial charge in [0.1, 0.15) is 26.2 Å². The van der Waals surface area contributed by atoms with E-state index >= 15 is 0 Å². The Morgan fingerprint density at radius 3 is 2.38 bits per heavy atom. The number of rotatable bonds is 6. The first-order valence-electron chi connectivity index (χ1n) is 8.99. The number of amides is 2. The maximum Gasteiger partial charge on any atom is 0.282 e. The Bertz CT molecular complexity index is 646. The van der Waals surface area contributed by atoms with Crippen LogP contribution in [0.5, 0.6) is 0 Å². The van der Waals surface area contributed by atoms with Crippen LogP contribution >= 0.6 is 23.2 Å². The van der Waals surface area contributed by atoms with E-state index in [-0.39, 0.29) is 23.9 Å². The standard InChI is InChI=1S/C18H26Cl2N4O2/c1-12(2)21-17(25)11-23-6-8-24(9-7-23)13(3)18(26)22-16-10-14(19)4-5-15(16)20/h4-5,10,12-13H,6-9,11H2,1-3H3,(H,21,25)(H,22,26)/p+2/t13-/m0/s1. The molecule has 26 heavy (non-hydrogen) atoms. The zero-order chi connectivity index (χ0) is 19.3. The van der Waals surface area contributed by atoms with Crippen molar-refractivity contribution in [3.8, 4) is 0 Å². The highest BCUT2D eigenvalue weighted by molar-refractivity contribution is 6.35. The molecule has 1 heterocycles. The van der Waals surface area contributed by atoms with Crippen LogP contribution in [0.15, 0.2) is 18.2 Å². The summed E-state index contributed by atoms with van der Waals surface area (Å²) in [6.07, 6.45) is 0. The van der Waals surface area contributed by atoms with Gasteiger partial charge >= 0.3 is 0 Å². The number of piperazine rings is 1. The fourth-order valence-corrected chi connectivity index (χ4v) is 3.49. The third-order valence-corrected chi connectivity index (χ3v) is 5.22. The SMILES string of the molecule is CC(C)NC(=O)C[NH+]1CC[NH+]([C@@H](C)C(=O)Nc2cc(Cl)ccc2Cl)CC1. The van der Waals surface area contributed by atoms with Crippen molar-refractivity contribution in [3.63, 3.8) is 0 Å². The number of halogens is 2. The fourth-order valence-electron chi connectivity index (χ4n) is 3.15. The lowest BCUT2D eigenvalue weighted by Gasteiger charge is -2.32. The third-order valence-electron chi connectivity index (χ3n) is 4.65. The van der Waals surface area contributed by atoms with E-state index in [0.29, 0.717) is 22.3 Å². The average molecular weight is 403 g/mol. The topological polar surface area (TPSA) is 67.1 Å². The van der Waals surface area contributed by atoms with Crippen LogP contribution in [0.4, 0.5) is 5.69 Å². The van der Waals surface area contributed by atoms with Crippen LogP contribution in [0.1, 0.15) is 20.8 Å². The summed E-state index contributed by atoms with van der Waals surface area (Å²) in [4.78, 5) is 26.9. The number of anilines is 1. The normalized spacial score (nSPS) is 21.3. The summed E-state index contributed by atoms with van der Waals surface area (Å²) < 4.78 is 0. The number of quaternary nitrogens is 2. The first-order valence-corrected chi connectivity index (χ1v) is 9.75. The highest BCUT2D eigenvalue weighted by atomic mass is 35.5. The summed E-state index contributed by atoms with van der Waals surface area (Å²) in [5, 5.41) is 6.79. The molecule has 1 saturated heterocycles. The quantitative estimate of drug-likeness (QED) is 0.524. The molecule has 6 nitrogen and oxygen atoms in total. The Balaban J connectivity index is 1.83.